The zero-order valence-electron chi connectivity index (χ0n) is 15.8. The van der Waals surface area contributed by atoms with Gasteiger partial charge < -0.3 is 14.9 Å². The summed E-state index contributed by atoms with van der Waals surface area (Å²) in [6.45, 7) is 4.03. The maximum atomic E-state index is 9.10. The molecular weight excluding hydrogens is 417 g/mol. The third kappa shape index (κ3) is 8.31. The quantitative estimate of drug-likeness (QED) is 0.655. The maximum Gasteiger partial charge on any atom is 0.414 e. The molecule has 0 atom stereocenters. The van der Waals surface area contributed by atoms with Crippen molar-refractivity contribution in [1.82, 2.24) is 4.90 Å². The monoisotopic (exact) mass is 439 g/mol. The van der Waals surface area contributed by atoms with E-state index in [-0.39, 0.29) is 0 Å². The van der Waals surface area contributed by atoms with Gasteiger partial charge in [-0.05, 0) is 49.2 Å². The van der Waals surface area contributed by atoms with Crippen molar-refractivity contribution in [2.75, 3.05) is 13.1 Å². The highest BCUT2D eigenvalue weighted by Gasteiger charge is 2.10. The second-order valence-corrected chi connectivity index (χ2v) is 7.44. The van der Waals surface area contributed by atoms with Crippen LogP contribution in [0.2, 0.25) is 10.0 Å². The number of carbonyl (C=O) groups is 2. The summed E-state index contributed by atoms with van der Waals surface area (Å²) in [7, 11) is 0. The second-order valence-electron chi connectivity index (χ2n) is 6.63. The van der Waals surface area contributed by atoms with Crippen LogP contribution < -0.4 is 4.74 Å². The van der Waals surface area contributed by atoms with Crippen LogP contribution in [-0.4, -0.2) is 40.1 Å². The van der Waals surface area contributed by atoms with Crippen LogP contribution in [0.4, 0.5) is 0 Å². The Hall–Kier alpha value is -2.28. The minimum absolute atomic E-state index is 0.515. The van der Waals surface area contributed by atoms with Gasteiger partial charge in [-0.15, -0.1) is 0 Å². The summed E-state index contributed by atoms with van der Waals surface area (Å²) >= 11 is 11.9. The van der Waals surface area contributed by atoms with Crippen LogP contribution in [0, 0.1) is 0 Å². The highest BCUT2D eigenvalue weighted by atomic mass is 35.5. The first kappa shape index (κ1) is 23.0. The van der Waals surface area contributed by atoms with E-state index in [1.807, 2.05) is 6.07 Å². The van der Waals surface area contributed by atoms with E-state index in [2.05, 4.69) is 29.2 Å². The van der Waals surface area contributed by atoms with Crippen LogP contribution in [0.3, 0.4) is 0 Å². The van der Waals surface area contributed by atoms with Crippen molar-refractivity contribution in [3.05, 3.63) is 63.6 Å². The lowest BCUT2D eigenvalue weighted by Gasteiger charge is -2.26. The summed E-state index contributed by atoms with van der Waals surface area (Å²) in [4.78, 5) is 20.7. The van der Waals surface area contributed by atoms with Gasteiger partial charge in [0.2, 0.25) is 0 Å². The van der Waals surface area contributed by atoms with Gasteiger partial charge in [0.25, 0.3) is 0 Å². The molecule has 1 heterocycles. The molecule has 2 aromatic rings. The van der Waals surface area contributed by atoms with Gasteiger partial charge in [0.05, 0.1) is 10.0 Å². The molecule has 1 fully saturated rings. The van der Waals surface area contributed by atoms with Gasteiger partial charge in [0.1, 0.15) is 12.4 Å². The predicted molar refractivity (Wildman–Crippen MR) is 112 cm³/mol. The fourth-order valence-electron chi connectivity index (χ4n) is 2.85. The van der Waals surface area contributed by atoms with Gasteiger partial charge >= 0.3 is 11.9 Å². The minimum Gasteiger partial charge on any atom is -0.489 e. The van der Waals surface area contributed by atoms with Crippen molar-refractivity contribution in [2.24, 2.45) is 0 Å². The Morgan fingerprint density at radius 3 is 2.00 bits per heavy atom. The average molecular weight is 440 g/mol. The molecule has 0 radical (unpaired) electrons. The molecule has 0 unspecified atom stereocenters. The average Bonchev–Trinajstić information content (AvgIpc) is 2.71. The number of ether oxygens (including phenoxy) is 1. The number of halogens is 2. The van der Waals surface area contributed by atoms with Crippen molar-refractivity contribution in [3.63, 3.8) is 0 Å². The number of nitrogens with zero attached hydrogens (tertiary/aromatic N) is 1. The van der Waals surface area contributed by atoms with E-state index in [4.69, 9.17) is 47.7 Å². The summed E-state index contributed by atoms with van der Waals surface area (Å²) < 4.78 is 5.76. The molecule has 1 saturated heterocycles. The van der Waals surface area contributed by atoms with Gasteiger partial charge in [-0.25, -0.2) is 9.59 Å². The fraction of sp³-hybridized carbons (Fsp3) is 0.333. The van der Waals surface area contributed by atoms with Gasteiger partial charge in [-0.3, -0.25) is 4.90 Å². The Bertz CT molecular complexity index is 808. The molecule has 2 N–H and O–H groups in total. The number of benzene rings is 2. The third-order valence-corrected chi connectivity index (χ3v) is 5.10. The lowest BCUT2D eigenvalue weighted by Crippen LogP contribution is -2.29. The Morgan fingerprint density at radius 2 is 1.45 bits per heavy atom. The number of aliphatic carboxylic acids is 2. The van der Waals surface area contributed by atoms with E-state index in [0.29, 0.717) is 16.7 Å². The van der Waals surface area contributed by atoms with Crippen molar-refractivity contribution in [2.45, 2.75) is 32.4 Å². The maximum absolute atomic E-state index is 9.10. The zero-order valence-corrected chi connectivity index (χ0v) is 17.3. The minimum atomic E-state index is -1.82. The summed E-state index contributed by atoms with van der Waals surface area (Å²) in [5, 5.41) is 15.8. The summed E-state index contributed by atoms with van der Waals surface area (Å²) in [5.74, 6) is -2.92. The van der Waals surface area contributed by atoms with Crippen LogP contribution >= 0.6 is 23.2 Å². The molecule has 8 heteroatoms. The number of likely N-dealkylation sites (tertiary alicyclic amines) is 1. The molecule has 3 rings (SSSR count). The van der Waals surface area contributed by atoms with E-state index in [1.54, 1.807) is 12.1 Å². The van der Waals surface area contributed by atoms with Gasteiger partial charge in [-0.1, -0.05) is 53.9 Å². The molecule has 0 amide bonds. The molecule has 0 bridgehead atoms. The Kier molecular flexibility index (Phi) is 9.25. The first-order chi connectivity index (χ1) is 13.8. The number of rotatable bonds is 5. The predicted octanol–water partition coefficient (Wildman–Crippen LogP) is 4.71. The third-order valence-electron chi connectivity index (χ3n) is 4.36. The van der Waals surface area contributed by atoms with Crippen molar-refractivity contribution < 1.29 is 24.5 Å². The number of hydrogen-bond acceptors (Lipinski definition) is 4. The molecule has 156 valence electrons. The molecular formula is C21H23Cl2NO5. The molecule has 0 aromatic heterocycles. The number of carboxylic acids is 2. The molecule has 6 nitrogen and oxygen atoms in total. The van der Waals surface area contributed by atoms with Crippen molar-refractivity contribution in [3.8, 4) is 5.75 Å². The van der Waals surface area contributed by atoms with Crippen LogP contribution in [0.1, 0.15) is 30.4 Å². The van der Waals surface area contributed by atoms with Crippen molar-refractivity contribution in [1.29, 1.82) is 0 Å². The van der Waals surface area contributed by atoms with Crippen LogP contribution in [0.15, 0.2) is 42.5 Å². The summed E-state index contributed by atoms with van der Waals surface area (Å²) in [5.41, 5.74) is 2.52. The number of carboxylic acid groups (broad SMARTS) is 2. The van der Waals surface area contributed by atoms with E-state index < -0.39 is 11.9 Å². The normalized spacial score (nSPS) is 13.9. The lowest BCUT2D eigenvalue weighted by molar-refractivity contribution is -0.159. The van der Waals surface area contributed by atoms with Gasteiger partial charge in [-0.2, -0.15) is 0 Å². The van der Waals surface area contributed by atoms with E-state index >= 15 is 0 Å². The van der Waals surface area contributed by atoms with Crippen LogP contribution in [0.5, 0.6) is 5.75 Å². The SMILES string of the molecule is Clc1ccc(OCc2ccc(CN3CCCCC3)cc2)cc1Cl.O=C(O)C(=O)O. The molecule has 1 aliphatic rings. The summed E-state index contributed by atoms with van der Waals surface area (Å²) in [6.07, 6.45) is 4.03. The topological polar surface area (TPSA) is 87.1 Å². The highest BCUT2D eigenvalue weighted by Crippen LogP contribution is 2.26. The first-order valence-electron chi connectivity index (χ1n) is 9.19. The molecule has 2 aromatic carbocycles. The van der Waals surface area contributed by atoms with Gasteiger partial charge in [0.15, 0.2) is 0 Å². The highest BCUT2D eigenvalue weighted by molar-refractivity contribution is 6.42. The standard InChI is InChI=1S/C19H21Cl2NO.C2H2O4/c20-18-9-8-17(12-19(18)21)23-14-16-6-4-15(5-7-16)13-22-10-2-1-3-11-22;3-1(4)2(5)6/h4-9,12H,1-3,10-11,13-14H2;(H,3,4)(H,5,6). The molecule has 0 saturated carbocycles. The zero-order chi connectivity index (χ0) is 21.2. The second kappa shape index (κ2) is 11.7. The largest absolute Gasteiger partial charge is 0.489 e. The molecule has 29 heavy (non-hydrogen) atoms. The number of hydrogen-bond donors (Lipinski definition) is 2. The fourth-order valence-corrected chi connectivity index (χ4v) is 3.14. The smallest absolute Gasteiger partial charge is 0.414 e. The summed E-state index contributed by atoms with van der Waals surface area (Å²) in [6, 6.07) is 14.0. The first-order valence-corrected chi connectivity index (χ1v) is 9.95. The molecule has 0 spiro atoms. The lowest BCUT2D eigenvalue weighted by atomic mass is 10.1. The van der Waals surface area contributed by atoms with E-state index in [9.17, 15) is 0 Å². The molecule has 0 aliphatic carbocycles. The van der Waals surface area contributed by atoms with Crippen molar-refractivity contribution >= 4 is 35.1 Å². The van der Waals surface area contributed by atoms with Crippen LogP contribution in [-0.2, 0) is 22.7 Å². The van der Waals surface area contributed by atoms with E-state index in [1.165, 1.54) is 37.9 Å². The Morgan fingerprint density at radius 1 is 0.862 bits per heavy atom. The Labute approximate surface area is 179 Å². The number of piperidine rings is 1. The van der Waals surface area contributed by atoms with E-state index in [0.717, 1.165) is 17.9 Å². The Balaban J connectivity index is 0.000000438. The van der Waals surface area contributed by atoms with Crippen LogP contribution in [0.25, 0.3) is 0 Å². The van der Waals surface area contributed by atoms with Gasteiger partial charge in [0, 0.05) is 12.6 Å². The molecule has 1 aliphatic heterocycles.